The SMILES string of the molecule is CSC(CO)C(C)NC(=O)c1cc(F)c([N+](=O)[O-])cc1F. The molecule has 1 rings (SSSR count). The Balaban J connectivity index is 2.98. The van der Waals surface area contributed by atoms with Crippen LogP contribution in [0, 0.1) is 21.7 Å². The number of halogens is 2. The number of nitrogens with zero attached hydrogens (tertiary/aromatic N) is 1. The summed E-state index contributed by atoms with van der Waals surface area (Å²) in [6, 6.07) is 0.366. The van der Waals surface area contributed by atoms with Gasteiger partial charge in [0.2, 0.25) is 5.82 Å². The lowest BCUT2D eigenvalue weighted by Gasteiger charge is -2.21. The van der Waals surface area contributed by atoms with Gasteiger partial charge in [-0.15, -0.1) is 0 Å². The number of amides is 1. The van der Waals surface area contributed by atoms with Gasteiger partial charge in [-0.25, -0.2) is 4.39 Å². The predicted molar refractivity (Wildman–Crippen MR) is 74.3 cm³/mol. The molecule has 0 saturated carbocycles. The van der Waals surface area contributed by atoms with E-state index in [9.17, 15) is 23.7 Å². The summed E-state index contributed by atoms with van der Waals surface area (Å²) in [4.78, 5) is 21.3. The average Bonchev–Trinajstić information content (AvgIpc) is 2.41. The van der Waals surface area contributed by atoms with Gasteiger partial charge in [0.15, 0.2) is 0 Å². The normalized spacial score (nSPS) is 13.6. The van der Waals surface area contributed by atoms with Gasteiger partial charge < -0.3 is 10.4 Å². The molecule has 21 heavy (non-hydrogen) atoms. The number of hydrogen-bond acceptors (Lipinski definition) is 5. The highest BCUT2D eigenvalue weighted by molar-refractivity contribution is 7.99. The van der Waals surface area contributed by atoms with E-state index in [4.69, 9.17) is 5.11 Å². The Bertz CT molecular complexity index is 552. The summed E-state index contributed by atoms with van der Waals surface area (Å²) in [6.07, 6.45) is 1.73. The van der Waals surface area contributed by atoms with Crippen molar-refractivity contribution in [2.24, 2.45) is 0 Å². The molecule has 1 aromatic rings. The summed E-state index contributed by atoms with van der Waals surface area (Å²) in [7, 11) is 0. The molecule has 0 aliphatic rings. The van der Waals surface area contributed by atoms with Gasteiger partial charge in [0, 0.05) is 11.3 Å². The van der Waals surface area contributed by atoms with Gasteiger partial charge in [-0.1, -0.05) is 0 Å². The molecular weight excluding hydrogens is 306 g/mol. The van der Waals surface area contributed by atoms with Gasteiger partial charge in [-0.2, -0.15) is 16.2 Å². The van der Waals surface area contributed by atoms with Crippen LogP contribution >= 0.6 is 11.8 Å². The van der Waals surface area contributed by atoms with Gasteiger partial charge in [-0.3, -0.25) is 14.9 Å². The fourth-order valence-electron chi connectivity index (χ4n) is 1.66. The van der Waals surface area contributed by atoms with Crippen LogP contribution in [0.15, 0.2) is 12.1 Å². The van der Waals surface area contributed by atoms with E-state index < -0.39 is 39.8 Å². The molecule has 116 valence electrons. The second-order valence-electron chi connectivity index (χ2n) is 4.26. The van der Waals surface area contributed by atoms with Crippen molar-refractivity contribution in [1.29, 1.82) is 0 Å². The lowest BCUT2D eigenvalue weighted by Crippen LogP contribution is -2.41. The fraction of sp³-hybridized carbons (Fsp3) is 0.417. The molecule has 0 aliphatic carbocycles. The molecule has 2 atom stereocenters. The van der Waals surface area contributed by atoms with Gasteiger partial charge in [-0.05, 0) is 19.2 Å². The third kappa shape index (κ3) is 4.11. The monoisotopic (exact) mass is 320 g/mol. The van der Waals surface area contributed by atoms with Crippen LogP contribution in [-0.4, -0.2) is 40.1 Å². The summed E-state index contributed by atoms with van der Waals surface area (Å²) in [5.41, 5.74) is -1.66. The summed E-state index contributed by atoms with van der Waals surface area (Å²) in [5.74, 6) is -3.37. The molecule has 6 nitrogen and oxygen atoms in total. The van der Waals surface area contributed by atoms with E-state index in [1.807, 2.05) is 0 Å². The molecule has 2 N–H and O–H groups in total. The average molecular weight is 320 g/mol. The Morgan fingerprint density at radius 1 is 1.48 bits per heavy atom. The van der Waals surface area contributed by atoms with E-state index in [0.29, 0.717) is 12.1 Å². The van der Waals surface area contributed by atoms with Crippen LogP contribution < -0.4 is 5.32 Å². The fourth-order valence-corrected chi connectivity index (χ4v) is 2.29. The van der Waals surface area contributed by atoms with Crippen molar-refractivity contribution in [3.05, 3.63) is 39.4 Å². The minimum atomic E-state index is -1.29. The third-order valence-corrected chi connectivity index (χ3v) is 4.04. The van der Waals surface area contributed by atoms with E-state index in [2.05, 4.69) is 5.32 Å². The number of carbonyl (C=O) groups excluding carboxylic acids is 1. The zero-order valence-electron chi connectivity index (χ0n) is 11.3. The highest BCUT2D eigenvalue weighted by Gasteiger charge is 2.24. The van der Waals surface area contributed by atoms with Crippen LogP contribution in [-0.2, 0) is 0 Å². The number of nitro groups is 1. The molecular formula is C12H14F2N2O4S. The molecule has 1 aromatic carbocycles. The Labute approximate surface area is 123 Å². The van der Waals surface area contributed by atoms with Crippen LogP contribution in [0.5, 0.6) is 0 Å². The molecule has 0 aliphatic heterocycles. The highest BCUT2D eigenvalue weighted by Crippen LogP contribution is 2.21. The maximum Gasteiger partial charge on any atom is 0.307 e. The number of hydrogen-bond donors (Lipinski definition) is 2. The third-order valence-electron chi connectivity index (χ3n) is 2.88. The Hall–Kier alpha value is -1.74. The maximum absolute atomic E-state index is 13.7. The molecule has 9 heteroatoms. The summed E-state index contributed by atoms with van der Waals surface area (Å²) < 4.78 is 27.1. The van der Waals surface area contributed by atoms with Crippen LogP contribution in [0.3, 0.4) is 0 Å². The van der Waals surface area contributed by atoms with Crippen molar-refractivity contribution in [2.45, 2.75) is 18.2 Å². The van der Waals surface area contributed by atoms with E-state index in [0.717, 1.165) is 0 Å². The minimum Gasteiger partial charge on any atom is -0.395 e. The van der Waals surface area contributed by atoms with Crippen molar-refractivity contribution in [3.63, 3.8) is 0 Å². The molecule has 0 radical (unpaired) electrons. The van der Waals surface area contributed by atoms with Gasteiger partial charge in [0.25, 0.3) is 5.91 Å². The van der Waals surface area contributed by atoms with Crippen LogP contribution in [0.4, 0.5) is 14.5 Å². The van der Waals surface area contributed by atoms with Gasteiger partial charge in [0.1, 0.15) is 5.82 Å². The molecule has 0 fully saturated rings. The van der Waals surface area contributed by atoms with Crippen molar-refractivity contribution in [1.82, 2.24) is 5.32 Å². The van der Waals surface area contributed by atoms with E-state index in [1.165, 1.54) is 11.8 Å². The van der Waals surface area contributed by atoms with E-state index in [1.54, 1.807) is 13.2 Å². The number of nitro benzene ring substituents is 1. The Morgan fingerprint density at radius 2 is 2.10 bits per heavy atom. The van der Waals surface area contributed by atoms with Crippen LogP contribution in [0.2, 0.25) is 0 Å². The summed E-state index contributed by atoms with van der Waals surface area (Å²) in [5, 5.41) is 21.7. The van der Waals surface area contributed by atoms with Gasteiger partial charge in [0.05, 0.1) is 23.2 Å². The first-order chi connectivity index (χ1) is 9.81. The van der Waals surface area contributed by atoms with Crippen LogP contribution in [0.25, 0.3) is 0 Å². The lowest BCUT2D eigenvalue weighted by molar-refractivity contribution is -0.387. The smallest absolute Gasteiger partial charge is 0.307 e. The topological polar surface area (TPSA) is 92.5 Å². The number of carbonyl (C=O) groups is 1. The van der Waals surface area contributed by atoms with Crippen molar-refractivity contribution >= 4 is 23.4 Å². The zero-order chi connectivity index (χ0) is 16.2. The molecule has 0 heterocycles. The van der Waals surface area contributed by atoms with Crippen molar-refractivity contribution < 1.29 is 23.6 Å². The Kier molecular flexibility index (Phi) is 6.03. The number of nitrogens with one attached hydrogen (secondary N) is 1. The van der Waals surface area contributed by atoms with Crippen LogP contribution in [0.1, 0.15) is 17.3 Å². The molecule has 0 spiro atoms. The lowest BCUT2D eigenvalue weighted by atomic mass is 10.1. The standard InChI is InChI=1S/C12H14F2N2O4S/c1-6(11(5-17)21-2)15-12(18)7-3-9(14)10(16(19)20)4-8(7)13/h3-4,6,11,17H,5H2,1-2H3,(H,15,18). The second-order valence-corrected chi connectivity index (χ2v) is 5.34. The number of thioether (sulfide) groups is 1. The van der Waals surface area contributed by atoms with E-state index >= 15 is 0 Å². The number of aliphatic hydroxyl groups is 1. The molecule has 0 bridgehead atoms. The van der Waals surface area contributed by atoms with E-state index in [-0.39, 0.29) is 11.9 Å². The first kappa shape index (κ1) is 17.3. The molecule has 0 saturated heterocycles. The number of rotatable bonds is 6. The van der Waals surface area contributed by atoms with Crippen molar-refractivity contribution in [2.75, 3.05) is 12.9 Å². The zero-order valence-corrected chi connectivity index (χ0v) is 12.1. The predicted octanol–water partition coefficient (Wildman–Crippen LogP) is 1.72. The summed E-state index contributed by atoms with van der Waals surface area (Å²) in [6.45, 7) is 1.41. The largest absolute Gasteiger partial charge is 0.395 e. The maximum atomic E-state index is 13.7. The molecule has 0 aromatic heterocycles. The van der Waals surface area contributed by atoms with Gasteiger partial charge >= 0.3 is 5.69 Å². The second kappa shape index (κ2) is 7.32. The molecule has 2 unspecified atom stereocenters. The first-order valence-corrected chi connectivity index (χ1v) is 7.18. The minimum absolute atomic E-state index is 0.195. The quantitative estimate of drug-likeness (QED) is 0.615. The van der Waals surface area contributed by atoms with Crippen molar-refractivity contribution in [3.8, 4) is 0 Å². The highest BCUT2D eigenvalue weighted by atomic mass is 32.2. The summed E-state index contributed by atoms with van der Waals surface area (Å²) >= 11 is 1.31. The first-order valence-electron chi connectivity index (χ1n) is 5.89. The Morgan fingerprint density at radius 3 is 2.57 bits per heavy atom. The number of benzene rings is 1. The number of aliphatic hydroxyl groups excluding tert-OH is 1. The molecule has 1 amide bonds.